The standard InChI is InChI=1S/C24H17NO5/c26-23(15-9-19-7-4-8-21(17-19)25(28)29)20-11-13-22(14-12-20)30-24(27)16-10-18-5-2-1-3-6-18/h1-17H. The second kappa shape index (κ2) is 9.75. The molecule has 148 valence electrons. The highest BCUT2D eigenvalue weighted by Crippen LogP contribution is 2.16. The quantitative estimate of drug-likeness (QED) is 0.138. The monoisotopic (exact) mass is 399 g/mol. The summed E-state index contributed by atoms with van der Waals surface area (Å²) in [5.41, 5.74) is 1.78. The van der Waals surface area contributed by atoms with Crippen molar-refractivity contribution in [3.63, 3.8) is 0 Å². The molecule has 0 heterocycles. The summed E-state index contributed by atoms with van der Waals surface area (Å²) >= 11 is 0. The maximum atomic E-state index is 12.3. The number of esters is 1. The van der Waals surface area contributed by atoms with Gasteiger partial charge in [0.2, 0.25) is 0 Å². The van der Waals surface area contributed by atoms with Gasteiger partial charge in [-0.05, 0) is 47.5 Å². The van der Waals surface area contributed by atoms with Crippen molar-refractivity contribution in [3.8, 4) is 5.75 Å². The lowest BCUT2D eigenvalue weighted by Crippen LogP contribution is -2.04. The Morgan fingerprint density at radius 3 is 2.17 bits per heavy atom. The SMILES string of the molecule is O=C(C=Cc1ccccc1)Oc1ccc(C(=O)C=Cc2cccc([N+](=O)[O-])c2)cc1. The molecule has 0 N–H and O–H groups in total. The highest BCUT2D eigenvalue weighted by molar-refractivity contribution is 6.06. The van der Waals surface area contributed by atoms with Crippen LogP contribution in [0.3, 0.4) is 0 Å². The van der Waals surface area contributed by atoms with Gasteiger partial charge in [-0.3, -0.25) is 14.9 Å². The van der Waals surface area contributed by atoms with Crippen LogP contribution in [0.1, 0.15) is 21.5 Å². The van der Waals surface area contributed by atoms with E-state index in [0.29, 0.717) is 16.9 Å². The molecule has 0 bridgehead atoms. The summed E-state index contributed by atoms with van der Waals surface area (Å²) in [6.45, 7) is 0. The lowest BCUT2D eigenvalue weighted by atomic mass is 10.1. The van der Waals surface area contributed by atoms with E-state index < -0.39 is 10.9 Å². The zero-order valence-corrected chi connectivity index (χ0v) is 15.8. The fraction of sp³-hybridized carbons (Fsp3) is 0. The van der Waals surface area contributed by atoms with Gasteiger partial charge in [-0.25, -0.2) is 4.79 Å². The minimum absolute atomic E-state index is 0.0444. The molecule has 0 saturated heterocycles. The Balaban J connectivity index is 1.60. The molecule has 3 aromatic rings. The van der Waals surface area contributed by atoms with Gasteiger partial charge in [-0.1, -0.05) is 48.5 Å². The van der Waals surface area contributed by atoms with Gasteiger partial charge >= 0.3 is 5.97 Å². The third-order valence-corrected chi connectivity index (χ3v) is 4.08. The molecule has 0 radical (unpaired) electrons. The van der Waals surface area contributed by atoms with Crippen LogP contribution in [0.15, 0.2) is 91.0 Å². The van der Waals surface area contributed by atoms with E-state index in [1.165, 1.54) is 42.5 Å². The molecule has 0 saturated carbocycles. The van der Waals surface area contributed by atoms with E-state index >= 15 is 0 Å². The number of nitrogens with zero attached hydrogens (tertiary/aromatic N) is 1. The Labute approximate surface area is 172 Å². The second-order valence-corrected chi connectivity index (χ2v) is 6.24. The number of ketones is 1. The Morgan fingerprint density at radius 2 is 1.47 bits per heavy atom. The number of nitro benzene ring substituents is 1. The van der Waals surface area contributed by atoms with E-state index in [-0.39, 0.29) is 11.5 Å². The molecule has 3 aromatic carbocycles. The minimum atomic E-state index is -0.525. The minimum Gasteiger partial charge on any atom is -0.423 e. The molecule has 0 atom stereocenters. The Morgan fingerprint density at radius 1 is 0.800 bits per heavy atom. The molecule has 3 rings (SSSR count). The van der Waals surface area contributed by atoms with Crippen molar-refractivity contribution in [1.29, 1.82) is 0 Å². The van der Waals surface area contributed by atoms with Gasteiger partial charge in [-0.2, -0.15) is 0 Å². The maximum absolute atomic E-state index is 12.3. The molecule has 0 spiro atoms. The van der Waals surface area contributed by atoms with E-state index in [2.05, 4.69) is 0 Å². The molecule has 0 aliphatic carbocycles. The van der Waals surface area contributed by atoms with Crippen LogP contribution in [0.25, 0.3) is 12.2 Å². The van der Waals surface area contributed by atoms with Gasteiger partial charge in [0.15, 0.2) is 5.78 Å². The molecule has 0 amide bonds. The highest BCUT2D eigenvalue weighted by Gasteiger charge is 2.06. The third-order valence-electron chi connectivity index (χ3n) is 4.08. The largest absolute Gasteiger partial charge is 0.423 e. The number of carbonyl (C=O) groups is 2. The third kappa shape index (κ3) is 5.84. The van der Waals surface area contributed by atoms with Crippen molar-refractivity contribution in [2.45, 2.75) is 0 Å². The molecule has 6 heteroatoms. The normalized spacial score (nSPS) is 10.9. The van der Waals surface area contributed by atoms with Gasteiger partial charge in [0, 0.05) is 23.8 Å². The van der Waals surface area contributed by atoms with Crippen LogP contribution in [0.4, 0.5) is 5.69 Å². The lowest BCUT2D eigenvalue weighted by Gasteiger charge is -2.02. The average molecular weight is 399 g/mol. The molecule has 30 heavy (non-hydrogen) atoms. The molecule has 0 fully saturated rings. The number of hydrogen-bond acceptors (Lipinski definition) is 5. The highest BCUT2D eigenvalue weighted by atomic mass is 16.6. The van der Waals surface area contributed by atoms with Gasteiger partial charge in [0.05, 0.1) is 4.92 Å². The summed E-state index contributed by atoms with van der Waals surface area (Å²) in [6, 6.07) is 21.5. The van der Waals surface area contributed by atoms with E-state index in [0.717, 1.165) is 5.56 Å². The van der Waals surface area contributed by atoms with Crippen molar-refractivity contribution in [3.05, 3.63) is 118 Å². The van der Waals surface area contributed by atoms with E-state index in [1.807, 2.05) is 30.3 Å². The zero-order valence-electron chi connectivity index (χ0n) is 15.8. The summed E-state index contributed by atoms with van der Waals surface area (Å²) in [5, 5.41) is 10.8. The molecular weight excluding hydrogens is 382 g/mol. The molecular formula is C24H17NO5. The number of ether oxygens (including phenoxy) is 1. The first kappa shape index (κ1) is 20.4. The molecule has 0 aromatic heterocycles. The van der Waals surface area contributed by atoms with Gasteiger partial charge in [0.25, 0.3) is 5.69 Å². The Hall–Kier alpha value is -4.32. The smallest absolute Gasteiger partial charge is 0.336 e. The topological polar surface area (TPSA) is 86.5 Å². The molecule has 0 aliphatic heterocycles. The zero-order chi connectivity index (χ0) is 21.3. The van der Waals surface area contributed by atoms with Crippen LogP contribution < -0.4 is 4.74 Å². The van der Waals surface area contributed by atoms with Crippen molar-refractivity contribution in [1.82, 2.24) is 0 Å². The maximum Gasteiger partial charge on any atom is 0.336 e. The predicted molar refractivity (Wildman–Crippen MR) is 114 cm³/mol. The Kier molecular flexibility index (Phi) is 6.63. The predicted octanol–water partition coefficient (Wildman–Crippen LogP) is 5.11. The number of non-ortho nitro benzene ring substituents is 1. The van der Waals surface area contributed by atoms with Gasteiger partial charge < -0.3 is 4.74 Å². The fourth-order valence-corrected chi connectivity index (χ4v) is 2.58. The first-order chi connectivity index (χ1) is 14.5. The summed E-state index contributed by atoms with van der Waals surface area (Å²) in [5.74, 6) is -0.483. The van der Waals surface area contributed by atoms with Crippen molar-refractivity contribution in [2.24, 2.45) is 0 Å². The number of hydrogen-bond donors (Lipinski definition) is 0. The van der Waals surface area contributed by atoms with Crippen LogP contribution in [0.2, 0.25) is 0 Å². The lowest BCUT2D eigenvalue weighted by molar-refractivity contribution is -0.384. The number of rotatable bonds is 7. The van der Waals surface area contributed by atoms with E-state index in [9.17, 15) is 19.7 Å². The number of carbonyl (C=O) groups excluding carboxylic acids is 2. The summed E-state index contributed by atoms with van der Waals surface area (Å²) in [7, 11) is 0. The van der Waals surface area contributed by atoms with Crippen LogP contribution in [0, 0.1) is 10.1 Å². The molecule has 6 nitrogen and oxygen atoms in total. The summed E-state index contributed by atoms with van der Waals surface area (Å²) in [4.78, 5) is 34.5. The average Bonchev–Trinajstić information content (AvgIpc) is 2.77. The van der Waals surface area contributed by atoms with Gasteiger partial charge in [-0.15, -0.1) is 0 Å². The number of allylic oxidation sites excluding steroid dienone is 1. The second-order valence-electron chi connectivity index (χ2n) is 6.24. The van der Waals surface area contributed by atoms with Crippen molar-refractivity contribution < 1.29 is 19.2 Å². The van der Waals surface area contributed by atoms with E-state index in [1.54, 1.807) is 30.3 Å². The fourth-order valence-electron chi connectivity index (χ4n) is 2.58. The summed E-state index contributed by atoms with van der Waals surface area (Å²) in [6.07, 6.45) is 5.83. The first-order valence-corrected chi connectivity index (χ1v) is 9.03. The van der Waals surface area contributed by atoms with Gasteiger partial charge in [0.1, 0.15) is 5.75 Å². The summed E-state index contributed by atoms with van der Waals surface area (Å²) < 4.78 is 5.22. The van der Waals surface area contributed by atoms with Crippen LogP contribution in [0.5, 0.6) is 5.75 Å². The Bertz CT molecular complexity index is 1120. The number of nitro groups is 1. The van der Waals surface area contributed by atoms with Crippen molar-refractivity contribution >= 4 is 29.6 Å². The van der Waals surface area contributed by atoms with E-state index in [4.69, 9.17) is 4.74 Å². The number of benzene rings is 3. The van der Waals surface area contributed by atoms with Crippen LogP contribution in [-0.2, 0) is 4.79 Å². The van der Waals surface area contributed by atoms with Crippen molar-refractivity contribution in [2.75, 3.05) is 0 Å². The molecule has 0 unspecified atom stereocenters. The van der Waals surface area contributed by atoms with Crippen LogP contribution in [-0.4, -0.2) is 16.7 Å². The molecule has 0 aliphatic rings. The first-order valence-electron chi connectivity index (χ1n) is 9.03. The van der Waals surface area contributed by atoms with Crippen LogP contribution >= 0.6 is 0 Å².